The Hall–Kier alpha value is -5.42. The van der Waals surface area contributed by atoms with Gasteiger partial charge in [-0.05, 0) is 35.4 Å². The number of ketones is 2. The summed E-state index contributed by atoms with van der Waals surface area (Å²) < 4.78 is 11.5. The molecule has 0 radical (unpaired) electrons. The number of carbonyl (C=O) groups is 2. The van der Waals surface area contributed by atoms with Crippen molar-refractivity contribution in [3.8, 4) is 46.0 Å². The van der Waals surface area contributed by atoms with E-state index in [2.05, 4.69) is 0 Å². The molecule has 11 nitrogen and oxygen atoms in total. The van der Waals surface area contributed by atoms with E-state index in [-0.39, 0.29) is 46.1 Å². The van der Waals surface area contributed by atoms with E-state index in [1.165, 1.54) is 48.5 Å². The van der Waals surface area contributed by atoms with E-state index in [1.807, 2.05) is 0 Å². The van der Waals surface area contributed by atoms with Crippen molar-refractivity contribution in [2.24, 2.45) is 0 Å². The summed E-state index contributed by atoms with van der Waals surface area (Å²) in [5.41, 5.74) is -0.375. The second kappa shape index (κ2) is 9.07. The number of hydrogen-bond donors (Lipinski definition) is 7. The molecule has 208 valence electrons. The van der Waals surface area contributed by atoms with Crippen LogP contribution in [0.2, 0.25) is 0 Å². The van der Waals surface area contributed by atoms with Crippen molar-refractivity contribution < 1.29 is 54.8 Å². The van der Waals surface area contributed by atoms with Crippen molar-refractivity contribution in [1.82, 2.24) is 0 Å². The summed E-state index contributed by atoms with van der Waals surface area (Å²) in [6.45, 7) is 0. The Balaban J connectivity index is 1.48. The molecule has 3 atom stereocenters. The summed E-state index contributed by atoms with van der Waals surface area (Å²) in [7, 11) is 0. The Kier molecular flexibility index (Phi) is 5.71. The molecular weight excluding hydrogens is 536 g/mol. The molecule has 0 amide bonds. The number of phenolic OH excluding ortho intramolecular Hbond substituents is 6. The van der Waals surface area contributed by atoms with Crippen molar-refractivity contribution in [2.45, 2.75) is 24.2 Å². The monoisotopic (exact) mass is 558 g/mol. The van der Waals surface area contributed by atoms with Gasteiger partial charge in [-0.15, -0.1) is 0 Å². The fraction of sp³-hybridized carbons (Fsp3) is 0.133. The quantitative estimate of drug-likeness (QED) is 0.194. The van der Waals surface area contributed by atoms with Crippen molar-refractivity contribution in [3.63, 3.8) is 0 Å². The average Bonchev–Trinajstić information content (AvgIpc) is 3.14. The van der Waals surface area contributed by atoms with Crippen LogP contribution in [0.5, 0.6) is 46.0 Å². The molecule has 0 saturated carbocycles. The highest BCUT2D eigenvalue weighted by Crippen LogP contribution is 2.54. The second-order valence-corrected chi connectivity index (χ2v) is 9.90. The molecule has 4 aromatic carbocycles. The lowest BCUT2D eigenvalue weighted by Crippen LogP contribution is -2.42. The molecule has 6 rings (SSSR count). The second-order valence-electron chi connectivity index (χ2n) is 9.90. The van der Waals surface area contributed by atoms with Crippen LogP contribution in [0.3, 0.4) is 0 Å². The van der Waals surface area contributed by atoms with E-state index >= 15 is 0 Å². The fourth-order valence-corrected chi connectivity index (χ4v) is 5.32. The summed E-state index contributed by atoms with van der Waals surface area (Å²) >= 11 is 0. The first kappa shape index (κ1) is 25.8. The van der Waals surface area contributed by atoms with E-state index in [0.717, 1.165) is 18.2 Å². The van der Waals surface area contributed by atoms with E-state index in [9.17, 15) is 45.3 Å². The average molecular weight is 558 g/mol. The van der Waals surface area contributed by atoms with Gasteiger partial charge < -0.3 is 45.2 Å². The third-order valence-electron chi connectivity index (χ3n) is 7.21. The number of phenols is 6. The van der Waals surface area contributed by atoms with Crippen LogP contribution < -0.4 is 9.47 Å². The molecule has 7 N–H and O–H groups in total. The zero-order chi connectivity index (χ0) is 29.2. The van der Waals surface area contributed by atoms with Gasteiger partial charge in [-0.3, -0.25) is 9.59 Å². The van der Waals surface area contributed by atoms with Gasteiger partial charge in [-0.2, -0.15) is 0 Å². The van der Waals surface area contributed by atoms with Crippen LogP contribution in [0, 0.1) is 0 Å². The first-order valence-corrected chi connectivity index (χ1v) is 12.4. The number of Topliss-reactive ketones (excluding diaryl/α,β-unsaturated/α-hetero) is 2. The van der Waals surface area contributed by atoms with E-state index < -0.39 is 57.9 Å². The minimum Gasteiger partial charge on any atom is -0.508 e. The van der Waals surface area contributed by atoms with Gasteiger partial charge in [0.05, 0.1) is 11.5 Å². The Labute approximate surface area is 231 Å². The van der Waals surface area contributed by atoms with Crippen LogP contribution in [-0.4, -0.2) is 53.1 Å². The molecule has 0 fully saturated rings. The molecule has 4 aromatic rings. The van der Waals surface area contributed by atoms with Crippen LogP contribution in [0.25, 0.3) is 0 Å². The number of benzene rings is 4. The molecular formula is C30H22O11. The predicted molar refractivity (Wildman–Crippen MR) is 140 cm³/mol. The van der Waals surface area contributed by atoms with Gasteiger partial charge in [0.15, 0.2) is 5.78 Å². The molecule has 2 heterocycles. The molecule has 0 unspecified atom stereocenters. The largest absolute Gasteiger partial charge is 0.508 e. The Morgan fingerprint density at radius 3 is 2.00 bits per heavy atom. The lowest BCUT2D eigenvalue weighted by molar-refractivity contribution is -0.0889. The zero-order valence-electron chi connectivity index (χ0n) is 21.0. The highest BCUT2D eigenvalue weighted by atomic mass is 16.6. The van der Waals surface area contributed by atoms with Crippen LogP contribution in [0.15, 0.2) is 66.7 Å². The highest BCUT2D eigenvalue weighted by Gasteiger charge is 2.51. The molecule has 11 heteroatoms. The number of rotatable bonds is 4. The summed E-state index contributed by atoms with van der Waals surface area (Å²) in [6, 6.07) is 14.2. The maximum Gasteiger partial charge on any atom is 0.277 e. The minimum atomic E-state index is -2.45. The smallest absolute Gasteiger partial charge is 0.277 e. The zero-order valence-corrected chi connectivity index (χ0v) is 21.0. The maximum absolute atomic E-state index is 13.8. The summed E-state index contributed by atoms with van der Waals surface area (Å²) in [4.78, 5) is 27.2. The van der Waals surface area contributed by atoms with Crippen molar-refractivity contribution in [3.05, 3.63) is 94.5 Å². The van der Waals surface area contributed by atoms with Gasteiger partial charge >= 0.3 is 0 Å². The number of aromatic hydroxyl groups is 6. The normalized spacial score (nSPS) is 21.1. The number of aliphatic hydroxyl groups is 1. The van der Waals surface area contributed by atoms with Crippen LogP contribution in [0.4, 0.5) is 0 Å². The van der Waals surface area contributed by atoms with Gasteiger partial charge in [-0.1, -0.05) is 24.3 Å². The SMILES string of the molecule is O=C1c2c(O)cc(O)cc2O[C@H](c2c(O)cc3c(c2O)C(=O)[C@](O)(Cc2ccc(O)cc2)O3)[C@H]1c1ccc(O)cc1. The van der Waals surface area contributed by atoms with Crippen LogP contribution in [-0.2, 0) is 6.42 Å². The van der Waals surface area contributed by atoms with Gasteiger partial charge in [0.2, 0.25) is 5.78 Å². The third-order valence-corrected chi connectivity index (χ3v) is 7.21. The summed E-state index contributed by atoms with van der Waals surface area (Å²) in [5, 5.41) is 73.3. The predicted octanol–water partition coefficient (Wildman–Crippen LogP) is 3.53. The van der Waals surface area contributed by atoms with Gasteiger partial charge in [0.25, 0.3) is 5.79 Å². The van der Waals surface area contributed by atoms with E-state index in [4.69, 9.17) is 9.47 Å². The maximum atomic E-state index is 13.8. The van der Waals surface area contributed by atoms with Gasteiger partial charge in [0.1, 0.15) is 63.2 Å². The van der Waals surface area contributed by atoms with Crippen molar-refractivity contribution in [1.29, 1.82) is 0 Å². The van der Waals surface area contributed by atoms with Crippen molar-refractivity contribution in [2.75, 3.05) is 0 Å². The lowest BCUT2D eigenvalue weighted by atomic mass is 9.79. The Morgan fingerprint density at radius 1 is 0.707 bits per heavy atom. The van der Waals surface area contributed by atoms with E-state index in [1.54, 1.807) is 0 Å². The Morgan fingerprint density at radius 2 is 1.34 bits per heavy atom. The van der Waals surface area contributed by atoms with E-state index in [0.29, 0.717) is 5.56 Å². The van der Waals surface area contributed by atoms with Crippen LogP contribution in [0.1, 0.15) is 49.4 Å². The molecule has 0 bridgehead atoms. The minimum absolute atomic E-state index is 0.0247. The standard InChI is InChI=1S/C30H22O11/c31-15-5-1-13(2-6-15)12-30(39)29(38)25-21(41-30)11-19(35)24(27(25)37)28-22(14-3-7-16(32)8-4-14)26(36)23-18(34)9-17(33)10-20(23)40-28/h1-11,22,28,31-35,37,39H,12H2/t22-,28-,30-/m0/s1. The molecule has 2 aliphatic rings. The van der Waals surface area contributed by atoms with Gasteiger partial charge in [-0.25, -0.2) is 0 Å². The third kappa shape index (κ3) is 4.10. The number of carbonyl (C=O) groups excluding carboxylic acids is 2. The first-order chi connectivity index (χ1) is 19.5. The number of fused-ring (bicyclic) bond motifs is 2. The Bertz CT molecular complexity index is 1730. The molecule has 0 aliphatic carbocycles. The molecule has 2 aliphatic heterocycles. The number of ether oxygens (including phenoxy) is 2. The molecule has 0 spiro atoms. The molecule has 0 saturated heterocycles. The van der Waals surface area contributed by atoms with Crippen molar-refractivity contribution >= 4 is 11.6 Å². The lowest BCUT2D eigenvalue weighted by Gasteiger charge is -2.34. The summed E-state index contributed by atoms with van der Waals surface area (Å²) in [6.07, 6.45) is -1.85. The van der Waals surface area contributed by atoms with Gasteiger partial charge in [0, 0.05) is 24.6 Å². The van der Waals surface area contributed by atoms with Crippen LogP contribution >= 0.6 is 0 Å². The molecule has 41 heavy (non-hydrogen) atoms. The molecule has 0 aromatic heterocycles. The first-order valence-electron chi connectivity index (χ1n) is 12.4. The summed E-state index contributed by atoms with van der Waals surface area (Å²) in [5.74, 6) is -8.54. The fourth-order valence-electron chi connectivity index (χ4n) is 5.32. The number of hydrogen-bond acceptors (Lipinski definition) is 11. The highest BCUT2D eigenvalue weighted by molar-refractivity contribution is 6.10. The topological polar surface area (TPSA) is 194 Å².